The van der Waals surface area contributed by atoms with E-state index in [2.05, 4.69) is 12.2 Å². The summed E-state index contributed by atoms with van der Waals surface area (Å²) in [7, 11) is 0. The number of nitrogens with one attached hydrogen (secondary N) is 1. The maximum absolute atomic E-state index is 12.0. The molecule has 0 aliphatic heterocycles. The number of amides is 1. The molecule has 1 atom stereocenters. The predicted octanol–water partition coefficient (Wildman–Crippen LogP) is 5.99. The number of aliphatic hydroxyl groups is 1. The molecule has 1 aromatic carbocycles. The van der Waals surface area contributed by atoms with Gasteiger partial charge >= 0.3 is 0 Å². The first-order valence-corrected chi connectivity index (χ1v) is 12.4. The minimum absolute atomic E-state index is 0.107. The van der Waals surface area contributed by atoms with Crippen LogP contribution in [0, 0.1) is 0 Å². The van der Waals surface area contributed by atoms with Gasteiger partial charge < -0.3 is 16.2 Å². The van der Waals surface area contributed by atoms with Gasteiger partial charge in [-0.1, -0.05) is 102 Å². The van der Waals surface area contributed by atoms with Gasteiger partial charge in [-0.25, -0.2) is 0 Å². The Hall–Kier alpha value is -1.39. The summed E-state index contributed by atoms with van der Waals surface area (Å²) in [6.07, 6.45) is 16.9. The van der Waals surface area contributed by atoms with Crippen LogP contribution < -0.4 is 11.1 Å². The van der Waals surface area contributed by atoms with Crippen molar-refractivity contribution in [1.29, 1.82) is 0 Å². The molecule has 0 bridgehead atoms. The molecule has 0 saturated heterocycles. The highest BCUT2D eigenvalue weighted by atomic mass is 16.3. The number of carbonyl (C=O) groups is 1. The van der Waals surface area contributed by atoms with Gasteiger partial charge in [0.2, 0.25) is 5.91 Å². The first kappa shape index (κ1) is 26.6. The lowest BCUT2D eigenvalue weighted by Gasteiger charge is -2.10. The van der Waals surface area contributed by atoms with E-state index in [0.717, 1.165) is 43.2 Å². The van der Waals surface area contributed by atoms with E-state index in [0.29, 0.717) is 19.5 Å². The summed E-state index contributed by atoms with van der Waals surface area (Å²) in [6, 6.07) is 7.99. The second kappa shape index (κ2) is 18.4. The van der Waals surface area contributed by atoms with Crippen molar-refractivity contribution in [3.63, 3.8) is 0 Å². The van der Waals surface area contributed by atoms with Crippen molar-refractivity contribution in [2.24, 2.45) is 5.73 Å². The summed E-state index contributed by atoms with van der Waals surface area (Å²) < 4.78 is 0. The first-order valence-electron chi connectivity index (χ1n) is 12.4. The number of nitrogens with two attached hydrogens (primary N) is 1. The third kappa shape index (κ3) is 13.8. The third-order valence-corrected chi connectivity index (χ3v) is 5.90. The summed E-state index contributed by atoms with van der Waals surface area (Å²) in [5.74, 6) is 0.125. The van der Waals surface area contributed by atoms with Crippen LogP contribution in [0.5, 0.6) is 0 Å². The smallest absolute Gasteiger partial charge is 0.220 e. The van der Waals surface area contributed by atoms with Gasteiger partial charge in [0.05, 0.1) is 6.10 Å². The average molecular weight is 419 g/mol. The van der Waals surface area contributed by atoms with Gasteiger partial charge in [-0.05, 0) is 30.4 Å². The number of unbranched alkanes of at least 4 members (excludes halogenated alkanes) is 10. The van der Waals surface area contributed by atoms with Crippen molar-refractivity contribution in [2.45, 2.75) is 122 Å². The van der Waals surface area contributed by atoms with E-state index in [4.69, 9.17) is 5.73 Å². The van der Waals surface area contributed by atoms with Crippen LogP contribution in [0.1, 0.15) is 114 Å². The van der Waals surface area contributed by atoms with Crippen LogP contribution in [0.15, 0.2) is 24.3 Å². The van der Waals surface area contributed by atoms with Crippen LogP contribution in [0.25, 0.3) is 0 Å². The van der Waals surface area contributed by atoms with E-state index < -0.39 is 0 Å². The number of hydrogen-bond acceptors (Lipinski definition) is 3. The fraction of sp³-hybridized carbons (Fsp3) is 0.731. The average Bonchev–Trinajstić information content (AvgIpc) is 2.76. The van der Waals surface area contributed by atoms with Crippen molar-refractivity contribution in [3.8, 4) is 0 Å². The second-order valence-corrected chi connectivity index (χ2v) is 8.62. The van der Waals surface area contributed by atoms with Crippen LogP contribution in [-0.2, 0) is 17.9 Å². The fourth-order valence-corrected chi connectivity index (χ4v) is 3.89. The summed E-state index contributed by atoms with van der Waals surface area (Å²) >= 11 is 0. The largest absolute Gasteiger partial charge is 0.393 e. The summed E-state index contributed by atoms with van der Waals surface area (Å²) in [5.41, 5.74) is 7.93. The Morgan fingerprint density at radius 3 is 2.00 bits per heavy atom. The Morgan fingerprint density at radius 1 is 0.867 bits per heavy atom. The number of hydrogen-bond donors (Lipinski definition) is 3. The molecule has 4 heteroatoms. The number of benzene rings is 1. The standard InChI is InChI=1S/C26H46N2O2/c1-2-3-4-5-8-11-18-25(29)19-12-9-6-7-10-13-20-26(30)28-22-24-17-15-14-16-23(24)21-27/h14-17,25,29H,2-13,18-22,27H2,1H3,(H,28,30). The molecule has 0 aromatic heterocycles. The van der Waals surface area contributed by atoms with E-state index in [9.17, 15) is 9.90 Å². The monoisotopic (exact) mass is 418 g/mol. The van der Waals surface area contributed by atoms with Crippen LogP contribution >= 0.6 is 0 Å². The van der Waals surface area contributed by atoms with Crippen LogP contribution in [-0.4, -0.2) is 17.1 Å². The normalized spacial score (nSPS) is 12.1. The predicted molar refractivity (Wildman–Crippen MR) is 127 cm³/mol. The molecular weight excluding hydrogens is 372 g/mol. The fourth-order valence-electron chi connectivity index (χ4n) is 3.89. The molecule has 0 fully saturated rings. The molecule has 1 rings (SSSR count). The van der Waals surface area contributed by atoms with Crippen molar-refractivity contribution in [3.05, 3.63) is 35.4 Å². The Balaban J connectivity index is 1.91. The quantitative estimate of drug-likeness (QED) is 0.241. The maximum Gasteiger partial charge on any atom is 0.220 e. The van der Waals surface area contributed by atoms with E-state index in [1.54, 1.807) is 0 Å². The zero-order chi connectivity index (χ0) is 21.9. The summed E-state index contributed by atoms with van der Waals surface area (Å²) in [4.78, 5) is 12.0. The summed E-state index contributed by atoms with van der Waals surface area (Å²) in [6.45, 7) is 3.31. The molecule has 1 unspecified atom stereocenters. The molecule has 0 aliphatic rings. The van der Waals surface area contributed by atoms with Gasteiger partial charge in [-0.2, -0.15) is 0 Å². The van der Waals surface area contributed by atoms with Gasteiger partial charge in [-0.3, -0.25) is 4.79 Å². The molecular formula is C26H46N2O2. The van der Waals surface area contributed by atoms with E-state index in [1.165, 1.54) is 57.8 Å². The van der Waals surface area contributed by atoms with Crippen molar-refractivity contribution < 1.29 is 9.90 Å². The molecule has 30 heavy (non-hydrogen) atoms. The van der Waals surface area contributed by atoms with Crippen LogP contribution in [0.3, 0.4) is 0 Å². The second-order valence-electron chi connectivity index (χ2n) is 8.62. The van der Waals surface area contributed by atoms with Crippen LogP contribution in [0.2, 0.25) is 0 Å². The lowest BCUT2D eigenvalue weighted by molar-refractivity contribution is -0.121. The zero-order valence-electron chi connectivity index (χ0n) is 19.3. The van der Waals surface area contributed by atoms with E-state index in [1.807, 2.05) is 24.3 Å². The Bertz CT molecular complexity index is 548. The van der Waals surface area contributed by atoms with Gasteiger partial charge in [0, 0.05) is 19.5 Å². The first-order chi connectivity index (χ1) is 14.7. The highest BCUT2D eigenvalue weighted by molar-refractivity contribution is 5.75. The van der Waals surface area contributed by atoms with Crippen molar-refractivity contribution >= 4 is 5.91 Å². The Kier molecular flexibility index (Phi) is 16.3. The minimum atomic E-state index is -0.107. The SMILES string of the molecule is CCCCCCCCC(O)CCCCCCCCC(=O)NCc1ccccc1CN. The molecule has 1 amide bonds. The van der Waals surface area contributed by atoms with Crippen LogP contribution in [0.4, 0.5) is 0 Å². The molecule has 1 aromatic rings. The molecule has 0 radical (unpaired) electrons. The zero-order valence-corrected chi connectivity index (χ0v) is 19.3. The minimum Gasteiger partial charge on any atom is -0.393 e. The molecule has 4 nitrogen and oxygen atoms in total. The van der Waals surface area contributed by atoms with E-state index >= 15 is 0 Å². The molecule has 4 N–H and O–H groups in total. The third-order valence-electron chi connectivity index (χ3n) is 5.90. The molecule has 0 saturated carbocycles. The highest BCUT2D eigenvalue weighted by Crippen LogP contribution is 2.14. The maximum atomic E-state index is 12.0. The molecule has 0 heterocycles. The van der Waals surface area contributed by atoms with Crippen molar-refractivity contribution in [1.82, 2.24) is 5.32 Å². The van der Waals surface area contributed by atoms with Gasteiger partial charge in [-0.15, -0.1) is 0 Å². The topological polar surface area (TPSA) is 75.3 Å². The van der Waals surface area contributed by atoms with Crippen molar-refractivity contribution in [2.75, 3.05) is 0 Å². The lowest BCUT2D eigenvalue weighted by Crippen LogP contribution is -2.23. The van der Waals surface area contributed by atoms with E-state index in [-0.39, 0.29) is 12.0 Å². The Labute approximate surface area is 185 Å². The van der Waals surface area contributed by atoms with Gasteiger partial charge in [0.1, 0.15) is 0 Å². The van der Waals surface area contributed by atoms with Gasteiger partial charge in [0.25, 0.3) is 0 Å². The highest BCUT2D eigenvalue weighted by Gasteiger charge is 2.05. The van der Waals surface area contributed by atoms with Gasteiger partial charge in [0.15, 0.2) is 0 Å². The molecule has 0 spiro atoms. The summed E-state index contributed by atoms with van der Waals surface area (Å²) in [5, 5.41) is 13.1. The Morgan fingerprint density at radius 2 is 1.40 bits per heavy atom. The molecule has 172 valence electrons. The number of rotatable bonds is 19. The molecule has 0 aliphatic carbocycles. The number of carbonyl (C=O) groups excluding carboxylic acids is 1. The lowest BCUT2D eigenvalue weighted by atomic mass is 10.0. The number of aliphatic hydroxyl groups excluding tert-OH is 1.